The van der Waals surface area contributed by atoms with Crippen LogP contribution in [-0.2, 0) is 9.59 Å². The summed E-state index contributed by atoms with van der Waals surface area (Å²) in [6.45, 7) is 1.54. The lowest BCUT2D eigenvalue weighted by molar-refractivity contribution is -0.127. The van der Waals surface area contributed by atoms with Crippen molar-refractivity contribution in [2.75, 3.05) is 19.0 Å². The van der Waals surface area contributed by atoms with Crippen LogP contribution in [0.25, 0.3) is 6.08 Å². The lowest BCUT2D eigenvalue weighted by Crippen LogP contribution is -2.38. The van der Waals surface area contributed by atoms with E-state index in [1.807, 2.05) is 19.1 Å². The van der Waals surface area contributed by atoms with Crippen LogP contribution in [-0.4, -0.2) is 36.4 Å². The molecule has 1 fully saturated rings. The van der Waals surface area contributed by atoms with Gasteiger partial charge in [-0.25, -0.2) is 9.69 Å². The predicted octanol–water partition coefficient (Wildman–Crippen LogP) is 2.54. The van der Waals surface area contributed by atoms with Crippen LogP contribution in [0.4, 0.5) is 10.5 Å². The van der Waals surface area contributed by atoms with Gasteiger partial charge in [0.05, 0.1) is 7.11 Å². The molecule has 0 saturated carbocycles. The summed E-state index contributed by atoms with van der Waals surface area (Å²) in [5.74, 6) is -0.371. The highest BCUT2D eigenvalue weighted by Crippen LogP contribution is 2.18. The van der Waals surface area contributed by atoms with E-state index in [4.69, 9.17) is 4.74 Å². The summed E-state index contributed by atoms with van der Waals surface area (Å²) in [5.41, 5.74) is 2.41. The highest BCUT2D eigenvalue weighted by atomic mass is 16.5. The van der Waals surface area contributed by atoms with Gasteiger partial charge in [-0.15, -0.1) is 0 Å². The third-order valence-corrected chi connectivity index (χ3v) is 3.97. The Kier molecular flexibility index (Phi) is 5.21. The van der Waals surface area contributed by atoms with Gasteiger partial charge < -0.3 is 15.4 Å². The number of imide groups is 1. The molecule has 4 amide bonds. The molecule has 1 aliphatic rings. The molecule has 1 aliphatic heterocycles. The number of anilines is 1. The maximum Gasteiger partial charge on any atom is 0.329 e. The van der Waals surface area contributed by atoms with Gasteiger partial charge in [-0.1, -0.05) is 24.3 Å². The average Bonchev–Trinajstić information content (AvgIpc) is 2.89. The Hall–Kier alpha value is -3.61. The van der Waals surface area contributed by atoms with E-state index in [1.165, 1.54) is 0 Å². The first kappa shape index (κ1) is 18.2. The molecule has 7 heteroatoms. The van der Waals surface area contributed by atoms with E-state index in [1.54, 1.807) is 49.6 Å². The quantitative estimate of drug-likeness (QED) is 0.630. The molecule has 1 saturated heterocycles. The van der Waals surface area contributed by atoms with Crippen LogP contribution in [0.5, 0.6) is 5.75 Å². The molecule has 2 aromatic rings. The summed E-state index contributed by atoms with van der Waals surface area (Å²) in [7, 11) is 1.54. The zero-order valence-electron chi connectivity index (χ0n) is 15.0. The van der Waals surface area contributed by atoms with Gasteiger partial charge in [0.25, 0.3) is 5.91 Å². The molecule has 2 N–H and O–H groups in total. The number of ether oxygens (including phenoxy) is 1. The Balaban J connectivity index is 1.70. The summed E-state index contributed by atoms with van der Waals surface area (Å²) in [6, 6.07) is 13.7. The summed E-state index contributed by atoms with van der Waals surface area (Å²) in [5, 5.41) is 5.18. The second-order valence-corrected chi connectivity index (χ2v) is 6.07. The topological polar surface area (TPSA) is 87.7 Å². The third kappa shape index (κ3) is 4.33. The van der Waals surface area contributed by atoms with Crippen LogP contribution in [0.2, 0.25) is 0 Å². The summed E-state index contributed by atoms with van der Waals surface area (Å²) in [6.07, 6.45) is 1.54. The molecule has 0 spiro atoms. The SMILES string of the molecule is COc1cccc(/C=C2/NC(=O)N(CC(=O)Nc3cccc(C)c3)C2=O)c1. The number of nitrogens with zero attached hydrogens (tertiary/aromatic N) is 1. The van der Waals surface area contributed by atoms with Crippen molar-refractivity contribution >= 4 is 29.6 Å². The predicted molar refractivity (Wildman–Crippen MR) is 101 cm³/mol. The zero-order chi connectivity index (χ0) is 19.4. The van der Waals surface area contributed by atoms with E-state index in [2.05, 4.69) is 10.6 Å². The van der Waals surface area contributed by atoms with E-state index in [0.29, 0.717) is 17.0 Å². The van der Waals surface area contributed by atoms with Crippen molar-refractivity contribution < 1.29 is 19.1 Å². The standard InChI is InChI=1S/C20H19N3O4/c1-13-5-3-7-15(9-13)21-18(24)12-23-19(25)17(22-20(23)26)11-14-6-4-8-16(10-14)27-2/h3-11H,12H2,1-2H3,(H,21,24)(H,22,26)/b17-11+. The number of hydrogen-bond acceptors (Lipinski definition) is 4. The molecule has 3 rings (SSSR count). The van der Waals surface area contributed by atoms with Crippen LogP contribution in [0.3, 0.4) is 0 Å². The Morgan fingerprint density at radius 2 is 1.96 bits per heavy atom. The number of nitrogens with one attached hydrogen (secondary N) is 2. The summed E-state index contributed by atoms with van der Waals surface area (Å²) < 4.78 is 5.14. The van der Waals surface area contributed by atoms with Crippen molar-refractivity contribution in [3.8, 4) is 5.75 Å². The Bertz CT molecular complexity index is 936. The molecule has 1 heterocycles. The fourth-order valence-electron chi connectivity index (χ4n) is 2.68. The molecule has 0 unspecified atom stereocenters. The zero-order valence-corrected chi connectivity index (χ0v) is 15.0. The van der Waals surface area contributed by atoms with E-state index in [-0.39, 0.29) is 12.2 Å². The van der Waals surface area contributed by atoms with E-state index >= 15 is 0 Å². The maximum absolute atomic E-state index is 12.5. The minimum Gasteiger partial charge on any atom is -0.497 e. The number of amides is 4. The number of rotatable bonds is 5. The second-order valence-electron chi connectivity index (χ2n) is 6.07. The number of aryl methyl sites for hydroxylation is 1. The van der Waals surface area contributed by atoms with Gasteiger partial charge in [-0.05, 0) is 48.4 Å². The minimum absolute atomic E-state index is 0.108. The normalized spacial score (nSPS) is 15.0. The van der Waals surface area contributed by atoms with Gasteiger partial charge in [-0.2, -0.15) is 0 Å². The first-order valence-electron chi connectivity index (χ1n) is 8.31. The molecule has 7 nitrogen and oxygen atoms in total. The molecule has 0 aliphatic carbocycles. The number of hydrogen-bond donors (Lipinski definition) is 2. The fourth-order valence-corrected chi connectivity index (χ4v) is 2.68. The maximum atomic E-state index is 12.5. The number of urea groups is 1. The summed E-state index contributed by atoms with van der Waals surface area (Å²) >= 11 is 0. The van der Waals surface area contributed by atoms with Crippen LogP contribution in [0, 0.1) is 6.92 Å². The lowest BCUT2D eigenvalue weighted by atomic mass is 10.2. The number of benzene rings is 2. The monoisotopic (exact) mass is 365 g/mol. The second kappa shape index (κ2) is 7.74. The lowest BCUT2D eigenvalue weighted by Gasteiger charge is -2.12. The van der Waals surface area contributed by atoms with Crippen molar-refractivity contribution in [2.24, 2.45) is 0 Å². The van der Waals surface area contributed by atoms with E-state index < -0.39 is 17.8 Å². The van der Waals surface area contributed by atoms with Crippen molar-refractivity contribution in [1.29, 1.82) is 0 Å². The average molecular weight is 365 g/mol. The molecule has 0 atom stereocenters. The van der Waals surface area contributed by atoms with Gasteiger partial charge in [0, 0.05) is 5.69 Å². The molecular formula is C20H19N3O4. The molecule has 27 heavy (non-hydrogen) atoms. The number of carbonyl (C=O) groups is 3. The molecule has 2 aromatic carbocycles. The molecule has 0 bridgehead atoms. The van der Waals surface area contributed by atoms with Gasteiger partial charge in [0.15, 0.2) is 0 Å². The molecule has 138 valence electrons. The van der Waals surface area contributed by atoms with Crippen molar-refractivity contribution in [1.82, 2.24) is 10.2 Å². The number of carbonyl (C=O) groups excluding carboxylic acids is 3. The highest BCUT2D eigenvalue weighted by molar-refractivity contribution is 6.15. The van der Waals surface area contributed by atoms with Gasteiger partial charge in [0.2, 0.25) is 5.91 Å². The largest absolute Gasteiger partial charge is 0.497 e. The first-order valence-corrected chi connectivity index (χ1v) is 8.31. The Labute approximate surface area is 156 Å². The molecule has 0 radical (unpaired) electrons. The summed E-state index contributed by atoms with van der Waals surface area (Å²) in [4.78, 5) is 37.6. The van der Waals surface area contributed by atoms with Gasteiger partial charge >= 0.3 is 6.03 Å². The third-order valence-electron chi connectivity index (χ3n) is 3.97. The van der Waals surface area contributed by atoms with Crippen LogP contribution >= 0.6 is 0 Å². The van der Waals surface area contributed by atoms with E-state index in [0.717, 1.165) is 10.5 Å². The van der Waals surface area contributed by atoms with Crippen molar-refractivity contribution in [3.63, 3.8) is 0 Å². The highest BCUT2D eigenvalue weighted by Gasteiger charge is 2.34. The van der Waals surface area contributed by atoms with Gasteiger partial charge in [-0.3, -0.25) is 9.59 Å². The van der Waals surface area contributed by atoms with Crippen LogP contribution in [0.1, 0.15) is 11.1 Å². The minimum atomic E-state index is -0.631. The molecule has 0 aromatic heterocycles. The Morgan fingerprint density at radius 1 is 1.19 bits per heavy atom. The first-order chi connectivity index (χ1) is 13.0. The van der Waals surface area contributed by atoms with Crippen LogP contribution in [0.15, 0.2) is 54.2 Å². The van der Waals surface area contributed by atoms with Crippen molar-refractivity contribution in [2.45, 2.75) is 6.92 Å². The smallest absolute Gasteiger partial charge is 0.329 e. The molecular weight excluding hydrogens is 346 g/mol. The van der Waals surface area contributed by atoms with E-state index in [9.17, 15) is 14.4 Å². The van der Waals surface area contributed by atoms with Gasteiger partial charge in [0.1, 0.15) is 18.0 Å². The number of methoxy groups -OCH3 is 1. The van der Waals surface area contributed by atoms with Crippen LogP contribution < -0.4 is 15.4 Å². The van der Waals surface area contributed by atoms with Crippen molar-refractivity contribution in [3.05, 3.63) is 65.4 Å². The fraction of sp³-hybridized carbons (Fsp3) is 0.150. The Morgan fingerprint density at radius 3 is 2.70 bits per heavy atom.